The third-order valence-electron chi connectivity index (χ3n) is 2.58. The van der Waals surface area contributed by atoms with Crippen molar-refractivity contribution in [2.75, 3.05) is 31.3 Å². The zero-order valence-electron chi connectivity index (χ0n) is 11.0. The average Bonchev–Trinajstić information content (AvgIpc) is 2.37. The molecular weight excluding hydrogens is 232 g/mol. The minimum absolute atomic E-state index is 0.0654. The molecule has 1 atom stereocenters. The summed E-state index contributed by atoms with van der Waals surface area (Å²) in [5.74, 6) is -0.404. The number of nitrogens with one attached hydrogen (secondary N) is 1. The van der Waals surface area contributed by atoms with E-state index < -0.39 is 5.97 Å². The van der Waals surface area contributed by atoms with Gasteiger partial charge in [0.15, 0.2) is 0 Å². The fourth-order valence-electron chi connectivity index (χ4n) is 1.44. The van der Waals surface area contributed by atoms with Crippen molar-refractivity contribution in [3.63, 3.8) is 0 Å². The van der Waals surface area contributed by atoms with Crippen LogP contribution < -0.4 is 11.1 Å². The van der Waals surface area contributed by atoms with Crippen molar-refractivity contribution >= 4 is 17.3 Å². The third-order valence-corrected chi connectivity index (χ3v) is 2.58. The minimum Gasteiger partial charge on any atom is -0.462 e. The van der Waals surface area contributed by atoms with E-state index in [4.69, 9.17) is 15.2 Å². The van der Waals surface area contributed by atoms with Crippen molar-refractivity contribution in [2.45, 2.75) is 20.0 Å². The van der Waals surface area contributed by atoms with Crippen LogP contribution in [0.5, 0.6) is 0 Å². The average molecular weight is 252 g/mol. The second kappa shape index (κ2) is 6.86. The van der Waals surface area contributed by atoms with Gasteiger partial charge in [0.05, 0.1) is 29.6 Å². The Hall–Kier alpha value is -1.75. The lowest BCUT2D eigenvalue weighted by molar-refractivity contribution is 0.0527. The number of para-hydroxylation sites is 1. The summed E-state index contributed by atoms with van der Waals surface area (Å²) < 4.78 is 10.1. The molecule has 1 rings (SSSR count). The molecule has 18 heavy (non-hydrogen) atoms. The molecule has 3 N–H and O–H groups in total. The van der Waals surface area contributed by atoms with Crippen LogP contribution in [0.1, 0.15) is 24.2 Å². The van der Waals surface area contributed by atoms with Gasteiger partial charge in [-0.1, -0.05) is 6.07 Å². The van der Waals surface area contributed by atoms with Crippen molar-refractivity contribution in [1.82, 2.24) is 0 Å². The molecule has 1 unspecified atom stereocenters. The topological polar surface area (TPSA) is 73.6 Å². The molecule has 0 fully saturated rings. The minimum atomic E-state index is -0.404. The largest absolute Gasteiger partial charge is 0.462 e. The molecule has 100 valence electrons. The molecule has 0 saturated heterocycles. The van der Waals surface area contributed by atoms with E-state index in [0.29, 0.717) is 30.1 Å². The second-order valence-corrected chi connectivity index (χ2v) is 3.91. The summed E-state index contributed by atoms with van der Waals surface area (Å²) in [4.78, 5) is 11.7. The summed E-state index contributed by atoms with van der Waals surface area (Å²) in [6.07, 6.45) is 0.0654. The van der Waals surface area contributed by atoms with E-state index in [-0.39, 0.29) is 6.10 Å². The highest BCUT2D eigenvalue weighted by Crippen LogP contribution is 2.23. The highest BCUT2D eigenvalue weighted by atomic mass is 16.5. The predicted molar refractivity (Wildman–Crippen MR) is 71.8 cm³/mol. The van der Waals surface area contributed by atoms with Gasteiger partial charge in [0.1, 0.15) is 0 Å². The zero-order chi connectivity index (χ0) is 13.5. The first-order chi connectivity index (χ1) is 8.60. The lowest BCUT2D eigenvalue weighted by Crippen LogP contribution is -2.19. The number of methoxy groups -OCH3 is 1. The Bertz CT molecular complexity index is 407. The summed E-state index contributed by atoms with van der Waals surface area (Å²) >= 11 is 0. The number of anilines is 2. The standard InChI is InChI=1S/C13H20N2O3/c1-4-18-13(16)10-6-5-7-11(12(10)14)15-8-9(2)17-3/h5-7,9,15H,4,8,14H2,1-3H3. The van der Waals surface area contributed by atoms with Gasteiger partial charge in [-0.25, -0.2) is 4.79 Å². The highest BCUT2D eigenvalue weighted by Gasteiger charge is 2.13. The maximum Gasteiger partial charge on any atom is 0.340 e. The lowest BCUT2D eigenvalue weighted by atomic mass is 10.1. The summed E-state index contributed by atoms with van der Waals surface area (Å²) in [7, 11) is 1.64. The van der Waals surface area contributed by atoms with Crippen molar-refractivity contribution in [3.8, 4) is 0 Å². The monoisotopic (exact) mass is 252 g/mol. The van der Waals surface area contributed by atoms with Crippen LogP contribution in [-0.4, -0.2) is 32.3 Å². The van der Waals surface area contributed by atoms with Gasteiger partial charge in [0.2, 0.25) is 0 Å². The van der Waals surface area contributed by atoms with Crippen molar-refractivity contribution in [2.24, 2.45) is 0 Å². The first kappa shape index (κ1) is 14.3. The number of esters is 1. The Labute approximate surface area is 107 Å². The third kappa shape index (κ3) is 3.63. The molecule has 1 aromatic carbocycles. The van der Waals surface area contributed by atoms with Gasteiger partial charge in [-0.2, -0.15) is 0 Å². The maximum absolute atomic E-state index is 11.7. The van der Waals surface area contributed by atoms with E-state index in [1.54, 1.807) is 26.2 Å². The Kier molecular flexibility index (Phi) is 5.45. The van der Waals surface area contributed by atoms with Crippen LogP contribution >= 0.6 is 0 Å². The molecule has 0 aromatic heterocycles. The summed E-state index contributed by atoms with van der Waals surface area (Å²) in [6, 6.07) is 5.24. The molecule has 0 aliphatic rings. The first-order valence-corrected chi connectivity index (χ1v) is 5.92. The lowest BCUT2D eigenvalue weighted by Gasteiger charge is -2.15. The van der Waals surface area contributed by atoms with Crippen LogP contribution in [0.2, 0.25) is 0 Å². The predicted octanol–water partition coefficient (Wildman–Crippen LogP) is 1.89. The van der Waals surface area contributed by atoms with E-state index in [0.717, 1.165) is 0 Å². The van der Waals surface area contributed by atoms with Gasteiger partial charge in [0, 0.05) is 13.7 Å². The molecule has 1 aromatic rings. The molecule has 0 heterocycles. The molecule has 5 heteroatoms. The Morgan fingerprint density at radius 3 is 2.83 bits per heavy atom. The van der Waals surface area contributed by atoms with E-state index >= 15 is 0 Å². The number of nitrogen functional groups attached to an aromatic ring is 1. The van der Waals surface area contributed by atoms with Crippen molar-refractivity contribution in [1.29, 1.82) is 0 Å². The van der Waals surface area contributed by atoms with Crippen LogP contribution in [0.3, 0.4) is 0 Å². The summed E-state index contributed by atoms with van der Waals surface area (Å²) in [5, 5.41) is 3.14. The molecule has 0 saturated carbocycles. The molecule has 0 aliphatic carbocycles. The number of hydrogen-bond donors (Lipinski definition) is 2. The van der Waals surface area contributed by atoms with E-state index in [9.17, 15) is 4.79 Å². The molecular formula is C13H20N2O3. The molecule has 0 spiro atoms. The molecule has 0 radical (unpaired) electrons. The van der Waals surface area contributed by atoms with Gasteiger partial charge >= 0.3 is 5.97 Å². The number of carbonyl (C=O) groups excluding carboxylic acids is 1. The van der Waals surface area contributed by atoms with Gasteiger partial charge in [-0.05, 0) is 26.0 Å². The Balaban J connectivity index is 2.81. The molecule has 0 amide bonds. The molecule has 0 aliphatic heterocycles. The summed E-state index contributed by atoms with van der Waals surface area (Å²) in [6.45, 7) is 4.65. The highest BCUT2D eigenvalue weighted by molar-refractivity contribution is 5.98. The molecule has 0 bridgehead atoms. The van der Waals surface area contributed by atoms with Crippen LogP contribution in [0.15, 0.2) is 18.2 Å². The number of hydrogen-bond acceptors (Lipinski definition) is 5. The van der Waals surface area contributed by atoms with Crippen molar-refractivity contribution < 1.29 is 14.3 Å². The van der Waals surface area contributed by atoms with Gasteiger partial charge < -0.3 is 20.5 Å². The van der Waals surface area contributed by atoms with E-state index in [2.05, 4.69) is 5.32 Å². The number of carbonyl (C=O) groups is 1. The van der Waals surface area contributed by atoms with Crippen LogP contribution in [-0.2, 0) is 9.47 Å². The fraction of sp³-hybridized carbons (Fsp3) is 0.462. The fourth-order valence-corrected chi connectivity index (χ4v) is 1.44. The van der Waals surface area contributed by atoms with E-state index in [1.165, 1.54) is 0 Å². The smallest absolute Gasteiger partial charge is 0.340 e. The number of nitrogens with two attached hydrogens (primary N) is 1. The number of rotatable bonds is 6. The zero-order valence-corrected chi connectivity index (χ0v) is 11.0. The number of benzene rings is 1. The van der Waals surface area contributed by atoms with Gasteiger partial charge in [0.25, 0.3) is 0 Å². The summed E-state index contributed by atoms with van der Waals surface area (Å²) in [5.41, 5.74) is 7.43. The van der Waals surface area contributed by atoms with E-state index in [1.807, 2.05) is 13.0 Å². The SMILES string of the molecule is CCOC(=O)c1cccc(NCC(C)OC)c1N. The van der Waals surface area contributed by atoms with Crippen LogP contribution in [0.4, 0.5) is 11.4 Å². The first-order valence-electron chi connectivity index (χ1n) is 5.92. The van der Waals surface area contributed by atoms with Crippen LogP contribution in [0, 0.1) is 0 Å². The van der Waals surface area contributed by atoms with Crippen LogP contribution in [0.25, 0.3) is 0 Å². The number of ether oxygens (including phenoxy) is 2. The molecule has 5 nitrogen and oxygen atoms in total. The maximum atomic E-state index is 11.7. The quantitative estimate of drug-likeness (QED) is 0.597. The second-order valence-electron chi connectivity index (χ2n) is 3.91. The normalized spacial score (nSPS) is 11.9. The van der Waals surface area contributed by atoms with Gasteiger partial charge in [-0.15, -0.1) is 0 Å². The Morgan fingerprint density at radius 2 is 2.22 bits per heavy atom. The van der Waals surface area contributed by atoms with Gasteiger partial charge in [-0.3, -0.25) is 0 Å². The Morgan fingerprint density at radius 1 is 1.50 bits per heavy atom. The van der Waals surface area contributed by atoms with Crippen molar-refractivity contribution in [3.05, 3.63) is 23.8 Å².